The van der Waals surface area contributed by atoms with Crippen molar-refractivity contribution in [2.24, 2.45) is 23.3 Å². The zero-order valence-electron chi connectivity index (χ0n) is 10.6. The Morgan fingerprint density at radius 2 is 1.25 bits per heavy atom. The molecule has 0 spiro atoms. The molecule has 0 aromatic carbocycles. The molecule has 16 heavy (non-hydrogen) atoms. The van der Waals surface area contributed by atoms with Crippen molar-refractivity contribution in [2.45, 2.75) is 76.3 Å². The molecule has 0 aliphatic heterocycles. The van der Waals surface area contributed by atoms with E-state index in [9.17, 15) is 0 Å². The molecule has 0 aromatic heterocycles. The van der Waals surface area contributed by atoms with Gasteiger partial charge in [-0.25, -0.2) is 0 Å². The van der Waals surface area contributed by atoms with Gasteiger partial charge in [0.1, 0.15) is 0 Å². The Bertz CT molecular complexity index is 201. The Balaban J connectivity index is 1.84. The second kappa shape index (κ2) is 5.50. The minimum absolute atomic E-state index is 0.373. The minimum Gasteiger partial charge on any atom is -0.313 e. The average Bonchev–Trinajstić information content (AvgIpc) is 2.31. The van der Waals surface area contributed by atoms with Crippen LogP contribution in [-0.2, 0) is 0 Å². The maximum absolute atomic E-state index is 6.40. The van der Waals surface area contributed by atoms with Crippen molar-refractivity contribution in [1.29, 1.82) is 0 Å². The van der Waals surface area contributed by atoms with Crippen molar-refractivity contribution in [2.75, 3.05) is 0 Å². The van der Waals surface area contributed by atoms with Crippen LogP contribution >= 0.6 is 0 Å². The summed E-state index contributed by atoms with van der Waals surface area (Å²) in [6, 6.07) is 0. The van der Waals surface area contributed by atoms with Crippen LogP contribution in [0.4, 0.5) is 0 Å². The lowest BCUT2D eigenvalue weighted by Crippen LogP contribution is -2.57. The fraction of sp³-hybridized carbons (Fsp3) is 1.00. The summed E-state index contributed by atoms with van der Waals surface area (Å²) in [6.45, 7) is 0. The summed E-state index contributed by atoms with van der Waals surface area (Å²) in [5.74, 6) is 1.40. The molecule has 2 aliphatic rings. The van der Waals surface area contributed by atoms with Gasteiger partial charge in [-0.15, -0.1) is 0 Å². The molecule has 0 amide bonds. The number of nitrogens with two attached hydrogens (primary N) is 2. The molecule has 0 bridgehead atoms. The van der Waals surface area contributed by atoms with Crippen LogP contribution < -0.4 is 11.5 Å². The monoisotopic (exact) mass is 224 g/mol. The Morgan fingerprint density at radius 3 is 1.81 bits per heavy atom. The highest BCUT2D eigenvalue weighted by Crippen LogP contribution is 2.35. The molecule has 2 rings (SSSR count). The molecule has 0 aromatic rings. The summed E-state index contributed by atoms with van der Waals surface area (Å²) in [4.78, 5) is 0. The molecule has 4 N–H and O–H groups in total. The second-order valence-electron chi connectivity index (χ2n) is 6.16. The van der Waals surface area contributed by atoms with E-state index in [1.807, 2.05) is 0 Å². The van der Waals surface area contributed by atoms with Crippen molar-refractivity contribution in [3.05, 3.63) is 0 Å². The highest BCUT2D eigenvalue weighted by Gasteiger charge is 2.34. The Kier molecular flexibility index (Phi) is 4.26. The maximum Gasteiger partial charge on any atom is 0.0668 e. The van der Waals surface area contributed by atoms with E-state index in [1.165, 1.54) is 64.2 Å². The van der Waals surface area contributed by atoms with Crippen molar-refractivity contribution in [3.8, 4) is 0 Å². The molecule has 0 unspecified atom stereocenters. The number of rotatable bonds is 3. The first-order valence-electron chi connectivity index (χ1n) is 7.26. The van der Waals surface area contributed by atoms with Crippen molar-refractivity contribution < 1.29 is 0 Å². The van der Waals surface area contributed by atoms with Gasteiger partial charge in [-0.3, -0.25) is 0 Å². The van der Waals surface area contributed by atoms with Gasteiger partial charge in [0.25, 0.3) is 0 Å². The molecule has 2 nitrogen and oxygen atoms in total. The summed E-state index contributed by atoms with van der Waals surface area (Å²) in [6.07, 6.45) is 14.6. The summed E-state index contributed by atoms with van der Waals surface area (Å²) >= 11 is 0. The fourth-order valence-corrected chi connectivity index (χ4v) is 3.70. The summed E-state index contributed by atoms with van der Waals surface area (Å²) in [7, 11) is 0. The normalized spacial score (nSPS) is 25.9. The third-order valence-corrected chi connectivity index (χ3v) is 4.73. The summed E-state index contributed by atoms with van der Waals surface area (Å²) in [5.41, 5.74) is 12.4. The van der Waals surface area contributed by atoms with Crippen LogP contribution in [0.25, 0.3) is 0 Å². The summed E-state index contributed by atoms with van der Waals surface area (Å²) < 4.78 is 0. The van der Waals surface area contributed by atoms with E-state index < -0.39 is 0 Å². The Morgan fingerprint density at radius 1 is 0.750 bits per heavy atom. The minimum atomic E-state index is -0.373. The SMILES string of the molecule is NC(N)(CC1CCCCC1)C1CCCCC1. The van der Waals surface area contributed by atoms with Gasteiger partial charge < -0.3 is 11.5 Å². The van der Waals surface area contributed by atoms with Gasteiger partial charge in [-0.05, 0) is 31.1 Å². The zero-order valence-corrected chi connectivity index (χ0v) is 10.6. The van der Waals surface area contributed by atoms with E-state index in [1.54, 1.807) is 0 Å². The van der Waals surface area contributed by atoms with Crippen molar-refractivity contribution >= 4 is 0 Å². The molecule has 2 saturated carbocycles. The predicted molar refractivity (Wildman–Crippen MR) is 68.9 cm³/mol. The van der Waals surface area contributed by atoms with Crippen LogP contribution in [0.3, 0.4) is 0 Å². The summed E-state index contributed by atoms with van der Waals surface area (Å²) in [5, 5.41) is 0. The third-order valence-electron chi connectivity index (χ3n) is 4.73. The Labute approximate surface area is 100 Å². The molecule has 0 atom stereocenters. The van der Waals surface area contributed by atoms with Crippen LogP contribution in [0.5, 0.6) is 0 Å². The van der Waals surface area contributed by atoms with Crippen LogP contribution in [0.2, 0.25) is 0 Å². The molecule has 0 heterocycles. The van der Waals surface area contributed by atoms with E-state index in [0.29, 0.717) is 5.92 Å². The van der Waals surface area contributed by atoms with Gasteiger partial charge in [-0.2, -0.15) is 0 Å². The molecule has 2 heteroatoms. The lowest BCUT2D eigenvalue weighted by molar-refractivity contribution is 0.158. The molecule has 2 aliphatic carbocycles. The molecule has 0 radical (unpaired) electrons. The van der Waals surface area contributed by atoms with Gasteiger partial charge in [0.15, 0.2) is 0 Å². The van der Waals surface area contributed by atoms with E-state index in [-0.39, 0.29) is 5.66 Å². The van der Waals surface area contributed by atoms with Gasteiger partial charge in [0, 0.05) is 0 Å². The molecule has 94 valence electrons. The zero-order chi connectivity index (χ0) is 11.4. The smallest absolute Gasteiger partial charge is 0.0668 e. The Hall–Kier alpha value is -0.0800. The lowest BCUT2D eigenvalue weighted by Gasteiger charge is -2.39. The van der Waals surface area contributed by atoms with Gasteiger partial charge >= 0.3 is 0 Å². The van der Waals surface area contributed by atoms with Crippen LogP contribution in [0.15, 0.2) is 0 Å². The quantitative estimate of drug-likeness (QED) is 0.724. The molecular weight excluding hydrogens is 196 g/mol. The highest BCUT2D eigenvalue weighted by atomic mass is 15.0. The van der Waals surface area contributed by atoms with Gasteiger partial charge in [0.05, 0.1) is 5.66 Å². The van der Waals surface area contributed by atoms with E-state index in [0.717, 1.165) is 12.3 Å². The van der Waals surface area contributed by atoms with Crippen molar-refractivity contribution in [1.82, 2.24) is 0 Å². The molecule has 0 saturated heterocycles. The third kappa shape index (κ3) is 3.21. The largest absolute Gasteiger partial charge is 0.313 e. The average molecular weight is 224 g/mol. The highest BCUT2D eigenvalue weighted by molar-refractivity contribution is 4.89. The second-order valence-corrected chi connectivity index (χ2v) is 6.16. The maximum atomic E-state index is 6.40. The first-order chi connectivity index (χ1) is 7.68. The predicted octanol–water partition coefficient (Wildman–Crippen LogP) is 3.15. The molecular formula is C14H28N2. The lowest BCUT2D eigenvalue weighted by atomic mass is 9.74. The molecule has 2 fully saturated rings. The van der Waals surface area contributed by atoms with E-state index >= 15 is 0 Å². The first-order valence-corrected chi connectivity index (χ1v) is 7.26. The van der Waals surface area contributed by atoms with Crippen LogP contribution in [0.1, 0.15) is 70.6 Å². The van der Waals surface area contributed by atoms with Gasteiger partial charge in [-0.1, -0.05) is 51.4 Å². The van der Waals surface area contributed by atoms with E-state index in [4.69, 9.17) is 11.5 Å². The first kappa shape index (κ1) is 12.4. The number of hydrogen-bond acceptors (Lipinski definition) is 2. The van der Waals surface area contributed by atoms with E-state index in [2.05, 4.69) is 0 Å². The fourth-order valence-electron chi connectivity index (χ4n) is 3.70. The van der Waals surface area contributed by atoms with Gasteiger partial charge in [0.2, 0.25) is 0 Å². The number of hydrogen-bond donors (Lipinski definition) is 2. The standard InChI is InChI=1S/C14H28N2/c15-14(16,13-9-5-2-6-10-13)11-12-7-3-1-4-8-12/h12-13H,1-11,15-16H2. The van der Waals surface area contributed by atoms with Crippen LogP contribution in [0, 0.1) is 11.8 Å². The van der Waals surface area contributed by atoms with Crippen LogP contribution in [-0.4, -0.2) is 5.66 Å². The topological polar surface area (TPSA) is 52.0 Å². The van der Waals surface area contributed by atoms with Crippen molar-refractivity contribution in [3.63, 3.8) is 0 Å².